The zero-order chi connectivity index (χ0) is 20.5. The van der Waals surface area contributed by atoms with Crippen molar-refractivity contribution in [3.05, 3.63) is 89.2 Å². The Morgan fingerprint density at radius 2 is 1.75 bits per heavy atom. The SMILES string of the molecule is CC(C)(C)c1ocnc1/C=c1\[nH]c(=O)/c(=C/c2cccc([N+](=O)[O-])c2)[nH]c1=O. The fraction of sp³-hybridized carbons (Fsp3) is 0.211. The van der Waals surface area contributed by atoms with E-state index in [9.17, 15) is 19.7 Å². The lowest BCUT2D eigenvalue weighted by atomic mass is 9.92. The van der Waals surface area contributed by atoms with E-state index in [-0.39, 0.29) is 21.8 Å². The topological polar surface area (TPSA) is 135 Å². The van der Waals surface area contributed by atoms with E-state index in [4.69, 9.17) is 4.42 Å². The third-order valence-electron chi connectivity index (χ3n) is 3.93. The average molecular weight is 382 g/mol. The number of benzene rings is 1. The number of oxazole rings is 1. The molecule has 28 heavy (non-hydrogen) atoms. The lowest BCUT2D eigenvalue weighted by Gasteiger charge is -2.14. The lowest BCUT2D eigenvalue weighted by Crippen LogP contribution is -2.46. The van der Waals surface area contributed by atoms with Crippen molar-refractivity contribution in [3.63, 3.8) is 0 Å². The highest BCUT2D eigenvalue weighted by Gasteiger charge is 2.21. The van der Waals surface area contributed by atoms with E-state index in [1.165, 1.54) is 36.7 Å². The molecule has 0 atom stereocenters. The summed E-state index contributed by atoms with van der Waals surface area (Å²) in [4.78, 5) is 44.2. The predicted octanol–water partition coefficient (Wildman–Crippen LogP) is 0.914. The number of nitrogens with one attached hydrogen (secondary N) is 2. The van der Waals surface area contributed by atoms with Gasteiger partial charge in [-0.2, -0.15) is 0 Å². The van der Waals surface area contributed by atoms with Crippen molar-refractivity contribution >= 4 is 17.8 Å². The van der Waals surface area contributed by atoms with Crippen LogP contribution in [0.5, 0.6) is 0 Å². The maximum Gasteiger partial charge on any atom is 0.272 e. The number of nitro groups is 1. The summed E-state index contributed by atoms with van der Waals surface area (Å²) in [7, 11) is 0. The molecule has 0 aliphatic heterocycles. The Morgan fingerprint density at radius 3 is 2.36 bits per heavy atom. The predicted molar refractivity (Wildman–Crippen MR) is 102 cm³/mol. The first-order valence-electron chi connectivity index (χ1n) is 8.39. The summed E-state index contributed by atoms with van der Waals surface area (Å²) in [5, 5.41) is 10.9. The lowest BCUT2D eigenvalue weighted by molar-refractivity contribution is -0.384. The maximum absolute atomic E-state index is 12.4. The van der Waals surface area contributed by atoms with Crippen molar-refractivity contribution in [2.24, 2.45) is 0 Å². The van der Waals surface area contributed by atoms with Gasteiger partial charge >= 0.3 is 0 Å². The van der Waals surface area contributed by atoms with Gasteiger partial charge in [-0.25, -0.2) is 4.98 Å². The standard InChI is InChI=1S/C19H18N4O5/c1-19(2,3)16-13(20-10-28-16)9-15-18(25)21-14(17(24)22-15)8-11-5-4-6-12(7-11)23(26)27/h4-10H,1-3H3,(H,21,25)(H,22,24)/b14-8-,15-9-. The van der Waals surface area contributed by atoms with Crippen molar-refractivity contribution in [3.8, 4) is 0 Å². The van der Waals surface area contributed by atoms with Crippen molar-refractivity contribution in [1.29, 1.82) is 0 Å². The van der Waals surface area contributed by atoms with Crippen LogP contribution in [0.4, 0.5) is 5.69 Å². The number of non-ortho nitro benzene ring substituents is 1. The van der Waals surface area contributed by atoms with Gasteiger partial charge in [0.2, 0.25) is 0 Å². The van der Waals surface area contributed by atoms with Crippen LogP contribution < -0.4 is 21.8 Å². The molecule has 0 radical (unpaired) electrons. The van der Waals surface area contributed by atoms with Gasteiger partial charge in [0.25, 0.3) is 16.8 Å². The van der Waals surface area contributed by atoms with Gasteiger partial charge in [-0.1, -0.05) is 32.9 Å². The van der Waals surface area contributed by atoms with Crippen molar-refractivity contribution in [1.82, 2.24) is 15.0 Å². The smallest absolute Gasteiger partial charge is 0.272 e. The number of nitro benzene ring substituents is 1. The molecule has 3 aromatic rings. The van der Waals surface area contributed by atoms with Crippen LogP contribution in [0.2, 0.25) is 0 Å². The van der Waals surface area contributed by atoms with Crippen LogP contribution >= 0.6 is 0 Å². The highest BCUT2D eigenvalue weighted by atomic mass is 16.6. The van der Waals surface area contributed by atoms with Gasteiger partial charge < -0.3 is 14.4 Å². The highest BCUT2D eigenvalue weighted by molar-refractivity contribution is 5.52. The molecule has 0 amide bonds. The monoisotopic (exact) mass is 382 g/mol. The first kappa shape index (κ1) is 19.0. The second kappa shape index (κ2) is 7.10. The molecule has 0 bridgehead atoms. The second-order valence-corrected chi connectivity index (χ2v) is 7.19. The average Bonchev–Trinajstić information content (AvgIpc) is 3.08. The summed E-state index contributed by atoms with van der Waals surface area (Å²) >= 11 is 0. The first-order valence-corrected chi connectivity index (χ1v) is 8.39. The molecule has 2 N–H and O–H groups in total. The van der Waals surface area contributed by atoms with E-state index in [1.807, 2.05) is 20.8 Å². The molecule has 0 unspecified atom stereocenters. The molecular weight excluding hydrogens is 364 g/mol. The van der Waals surface area contributed by atoms with Crippen molar-refractivity contribution < 1.29 is 9.34 Å². The molecule has 144 valence electrons. The molecule has 0 spiro atoms. The summed E-state index contributed by atoms with van der Waals surface area (Å²) in [5.74, 6) is 0.583. The number of aromatic nitrogens is 3. The number of H-pyrrole nitrogens is 2. The minimum atomic E-state index is -0.543. The Balaban J connectivity index is 2.12. The van der Waals surface area contributed by atoms with Crippen LogP contribution in [0.15, 0.2) is 44.7 Å². The summed E-state index contributed by atoms with van der Waals surface area (Å²) < 4.78 is 5.40. The Kier molecular flexibility index (Phi) is 4.83. The normalized spacial score (nSPS) is 13.1. The minimum absolute atomic E-state index is 0.0150. The van der Waals surface area contributed by atoms with Crippen LogP contribution in [-0.4, -0.2) is 19.9 Å². The first-order chi connectivity index (χ1) is 13.1. The molecule has 0 fully saturated rings. The Morgan fingerprint density at radius 1 is 1.11 bits per heavy atom. The Hall–Kier alpha value is -3.75. The minimum Gasteiger partial charge on any atom is -0.447 e. The summed E-state index contributed by atoms with van der Waals surface area (Å²) in [5.41, 5.74) is -0.649. The number of hydrogen-bond acceptors (Lipinski definition) is 6. The van der Waals surface area contributed by atoms with E-state index >= 15 is 0 Å². The molecule has 0 saturated carbocycles. The molecule has 2 heterocycles. The molecule has 3 rings (SSSR count). The van der Waals surface area contributed by atoms with Gasteiger partial charge in [0.15, 0.2) is 6.39 Å². The molecule has 0 aliphatic rings. The molecule has 9 nitrogen and oxygen atoms in total. The molecule has 0 saturated heterocycles. The summed E-state index contributed by atoms with van der Waals surface area (Å²) in [6.45, 7) is 5.82. The van der Waals surface area contributed by atoms with Crippen LogP contribution in [-0.2, 0) is 5.41 Å². The van der Waals surface area contributed by atoms with Gasteiger partial charge in [-0.3, -0.25) is 19.7 Å². The largest absolute Gasteiger partial charge is 0.447 e. The van der Waals surface area contributed by atoms with Crippen LogP contribution in [0, 0.1) is 10.1 Å². The fourth-order valence-electron chi connectivity index (χ4n) is 2.65. The van der Waals surface area contributed by atoms with Gasteiger partial charge in [-0.05, 0) is 17.7 Å². The van der Waals surface area contributed by atoms with Gasteiger partial charge in [0.05, 0.1) is 4.92 Å². The summed E-state index contributed by atoms with van der Waals surface area (Å²) in [6.07, 6.45) is 4.10. The second-order valence-electron chi connectivity index (χ2n) is 7.19. The van der Waals surface area contributed by atoms with E-state index in [1.54, 1.807) is 6.07 Å². The molecule has 2 aromatic heterocycles. The summed E-state index contributed by atoms with van der Waals surface area (Å²) in [6, 6.07) is 5.74. The number of rotatable bonds is 3. The van der Waals surface area contributed by atoms with Gasteiger partial charge in [0.1, 0.15) is 22.2 Å². The third-order valence-corrected chi connectivity index (χ3v) is 3.93. The number of aromatic amines is 2. The van der Waals surface area contributed by atoms with E-state index in [0.29, 0.717) is 17.0 Å². The molecule has 9 heteroatoms. The van der Waals surface area contributed by atoms with E-state index in [0.717, 1.165) is 0 Å². The van der Waals surface area contributed by atoms with Gasteiger partial charge in [-0.15, -0.1) is 0 Å². The number of nitrogens with zero attached hydrogens (tertiary/aromatic N) is 2. The van der Waals surface area contributed by atoms with Crippen LogP contribution in [0.25, 0.3) is 12.2 Å². The molecular formula is C19H18N4O5. The van der Waals surface area contributed by atoms with Crippen molar-refractivity contribution in [2.75, 3.05) is 0 Å². The third kappa shape index (κ3) is 3.98. The Labute approximate surface area is 158 Å². The van der Waals surface area contributed by atoms with Gasteiger partial charge in [0, 0.05) is 17.5 Å². The zero-order valence-electron chi connectivity index (χ0n) is 15.5. The Bertz CT molecular complexity index is 1270. The fourth-order valence-corrected chi connectivity index (χ4v) is 2.65. The molecule has 1 aromatic carbocycles. The van der Waals surface area contributed by atoms with Crippen LogP contribution in [0.1, 0.15) is 37.8 Å². The van der Waals surface area contributed by atoms with Crippen LogP contribution in [0.3, 0.4) is 0 Å². The molecule has 0 aliphatic carbocycles. The van der Waals surface area contributed by atoms with E-state index < -0.39 is 16.0 Å². The van der Waals surface area contributed by atoms with Crippen molar-refractivity contribution in [2.45, 2.75) is 26.2 Å². The zero-order valence-corrected chi connectivity index (χ0v) is 15.5. The van der Waals surface area contributed by atoms with E-state index in [2.05, 4.69) is 15.0 Å². The maximum atomic E-state index is 12.4. The highest BCUT2D eigenvalue weighted by Crippen LogP contribution is 2.25. The quantitative estimate of drug-likeness (QED) is 0.511. The number of hydrogen-bond donors (Lipinski definition) is 2.